The zero-order chi connectivity index (χ0) is 28.5. The molecule has 210 valence electrons. The fourth-order valence-corrected chi connectivity index (χ4v) is 4.98. The van der Waals surface area contributed by atoms with Gasteiger partial charge in [-0.05, 0) is 61.7 Å². The second-order valence-corrected chi connectivity index (χ2v) is 10.00. The highest BCUT2D eigenvalue weighted by Crippen LogP contribution is 2.39. The Morgan fingerprint density at radius 2 is 1.83 bits per heavy atom. The summed E-state index contributed by atoms with van der Waals surface area (Å²) in [7, 11) is 3.13. The maximum Gasteiger partial charge on any atom is 0.203 e. The van der Waals surface area contributed by atoms with E-state index in [0.717, 1.165) is 24.1 Å². The summed E-state index contributed by atoms with van der Waals surface area (Å²) < 4.78 is 42.0. The van der Waals surface area contributed by atoms with Gasteiger partial charge in [-0.2, -0.15) is 0 Å². The van der Waals surface area contributed by atoms with Crippen LogP contribution in [0.3, 0.4) is 0 Å². The van der Waals surface area contributed by atoms with Crippen molar-refractivity contribution >= 4 is 28.1 Å². The molecule has 0 spiro atoms. The minimum atomic E-state index is -0.737. The quantitative estimate of drug-likeness (QED) is 0.182. The lowest BCUT2D eigenvalue weighted by Gasteiger charge is -2.27. The van der Waals surface area contributed by atoms with Gasteiger partial charge in [-0.3, -0.25) is 0 Å². The van der Waals surface area contributed by atoms with Gasteiger partial charge < -0.3 is 29.8 Å². The third-order valence-corrected chi connectivity index (χ3v) is 7.38. The number of hydrogen-bond donors (Lipinski definition) is 3. The van der Waals surface area contributed by atoms with Crippen molar-refractivity contribution < 1.29 is 23.4 Å². The number of benzene rings is 2. The molecule has 0 bridgehead atoms. The maximum atomic E-state index is 14.8. The fourth-order valence-electron chi connectivity index (χ4n) is 4.98. The number of halogens is 2. The molecule has 5 aromatic rings. The van der Waals surface area contributed by atoms with Crippen LogP contribution in [0.1, 0.15) is 24.8 Å². The molecule has 0 unspecified atom stereocenters. The van der Waals surface area contributed by atoms with Crippen molar-refractivity contribution in [3.63, 3.8) is 0 Å². The van der Waals surface area contributed by atoms with Crippen LogP contribution in [-0.2, 0) is 6.54 Å². The Balaban J connectivity index is 1.42. The van der Waals surface area contributed by atoms with E-state index in [1.54, 1.807) is 43.3 Å². The largest absolute Gasteiger partial charge is 0.497 e. The van der Waals surface area contributed by atoms with Crippen LogP contribution in [0.5, 0.6) is 17.4 Å². The van der Waals surface area contributed by atoms with Gasteiger partial charge in [-0.25, -0.2) is 18.7 Å². The third kappa shape index (κ3) is 5.20. The number of anilines is 3. The maximum absolute atomic E-state index is 14.8. The second-order valence-electron chi connectivity index (χ2n) is 10.00. The van der Waals surface area contributed by atoms with Gasteiger partial charge in [0.2, 0.25) is 5.88 Å². The lowest BCUT2D eigenvalue weighted by atomic mass is 9.93. The van der Waals surface area contributed by atoms with Gasteiger partial charge in [0.1, 0.15) is 29.0 Å². The highest BCUT2D eigenvalue weighted by Gasteiger charge is 2.21. The van der Waals surface area contributed by atoms with Crippen molar-refractivity contribution in [2.24, 2.45) is 0 Å². The van der Waals surface area contributed by atoms with Crippen LogP contribution < -0.4 is 20.1 Å². The fraction of sp³-hybridized carbons (Fsp3) is 0.226. The Kier molecular flexibility index (Phi) is 7.05. The smallest absolute Gasteiger partial charge is 0.203 e. The van der Waals surface area contributed by atoms with Gasteiger partial charge in [-0.15, -0.1) is 0 Å². The number of pyridine rings is 2. The first kappa shape index (κ1) is 26.4. The highest BCUT2D eigenvalue weighted by atomic mass is 19.1. The minimum Gasteiger partial charge on any atom is -0.497 e. The molecule has 3 N–H and O–H groups in total. The van der Waals surface area contributed by atoms with Crippen molar-refractivity contribution in [2.75, 3.05) is 24.9 Å². The number of methoxy groups -OCH3 is 2. The number of nitrogens with zero attached hydrogens (tertiary/aromatic N) is 3. The number of ether oxygens (including phenoxy) is 2. The first-order valence-corrected chi connectivity index (χ1v) is 13.3. The monoisotopic (exact) mass is 557 g/mol. The Labute approximate surface area is 235 Å². The van der Waals surface area contributed by atoms with E-state index >= 15 is 0 Å². The van der Waals surface area contributed by atoms with E-state index in [2.05, 4.69) is 20.6 Å². The van der Waals surface area contributed by atoms with Gasteiger partial charge in [0.15, 0.2) is 0 Å². The van der Waals surface area contributed by atoms with Crippen molar-refractivity contribution in [3.8, 4) is 28.6 Å². The van der Waals surface area contributed by atoms with Crippen molar-refractivity contribution in [2.45, 2.75) is 31.8 Å². The SMILES string of the molecule is COc1ccc(Cn2cc3nc(-c4c(F)cccc4F)cc(Nc4ccc(NC5CCC5)cn4)c3c2O)c(OC)c1. The summed E-state index contributed by atoms with van der Waals surface area (Å²) in [6.07, 6.45) is 6.88. The van der Waals surface area contributed by atoms with E-state index in [9.17, 15) is 13.9 Å². The standard InChI is InChI=1S/C31H29F2N5O3/c1-40-21-11-9-18(27(13-21)41-2)16-38-17-26-30(31(38)39)25(14-24(36-26)29-22(32)7-4-8-23(29)33)37-28-12-10-20(15-34-28)35-19-5-3-6-19/h4,7-15,17,19,35,39H,3,5-6,16H2,1-2H3,(H,34,37). The van der Waals surface area contributed by atoms with E-state index in [-0.39, 0.29) is 23.7 Å². The van der Waals surface area contributed by atoms with Crippen LogP contribution >= 0.6 is 0 Å². The van der Waals surface area contributed by atoms with Crippen LogP contribution in [-0.4, -0.2) is 39.9 Å². The van der Waals surface area contributed by atoms with E-state index in [0.29, 0.717) is 39.9 Å². The molecule has 1 saturated carbocycles. The van der Waals surface area contributed by atoms with E-state index in [1.807, 2.05) is 18.2 Å². The molecule has 6 rings (SSSR count). The summed E-state index contributed by atoms with van der Waals surface area (Å²) in [5.41, 5.74) is 2.28. The normalized spacial score (nSPS) is 13.2. The molecule has 3 heterocycles. The molecule has 0 amide bonds. The average molecular weight is 558 g/mol. The van der Waals surface area contributed by atoms with Crippen LogP contribution in [0.15, 0.2) is 67.0 Å². The molecular formula is C31H29F2N5O3. The van der Waals surface area contributed by atoms with Gasteiger partial charge in [0.25, 0.3) is 0 Å². The second kappa shape index (κ2) is 11.0. The Hall–Kier alpha value is -4.86. The summed E-state index contributed by atoms with van der Waals surface area (Å²) >= 11 is 0. The molecule has 3 aromatic heterocycles. The summed E-state index contributed by atoms with van der Waals surface area (Å²) in [5.74, 6) is 0.176. The number of nitrogens with one attached hydrogen (secondary N) is 2. The zero-order valence-electron chi connectivity index (χ0n) is 22.6. The Morgan fingerprint density at radius 3 is 2.49 bits per heavy atom. The van der Waals surface area contributed by atoms with Gasteiger partial charge in [0.05, 0.1) is 60.5 Å². The summed E-state index contributed by atoms with van der Waals surface area (Å²) in [6, 6.07) is 14.8. The number of rotatable bonds is 9. The molecule has 0 saturated heterocycles. The van der Waals surface area contributed by atoms with Crippen molar-refractivity contribution in [1.29, 1.82) is 0 Å². The van der Waals surface area contributed by atoms with Crippen LogP contribution in [0.25, 0.3) is 22.2 Å². The molecule has 0 atom stereocenters. The topological polar surface area (TPSA) is 93.5 Å². The molecule has 1 aliphatic carbocycles. The van der Waals surface area contributed by atoms with Gasteiger partial charge in [0, 0.05) is 23.9 Å². The number of hydrogen-bond acceptors (Lipinski definition) is 7. The Bertz CT molecular complexity index is 1700. The summed E-state index contributed by atoms with van der Waals surface area (Å²) in [5, 5.41) is 18.4. The first-order chi connectivity index (χ1) is 19.9. The average Bonchev–Trinajstić information content (AvgIpc) is 3.26. The van der Waals surface area contributed by atoms with E-state index in [4.69, 9.17) is 9.47 Å². The molecular weight excluding hydrogens is 528 g/mol. The van der Waals surface area contributed by atoms with Crippen LogP contribution in [0.2, 0.25) is 0 Å². The molecule has 0 aliphatic heterocycles. The molecule has 8 nitrogen and oxygen atoms in total. The molecule has 1 fully saturated rings. The molecule has 0 radical (unpaired) electrons. The van der Waals surface area contributed by atoms with Crippen molar-refractivity contribution in [1.82, 2.24) is 14.5 Å². The first-order valence-electron chi connectivity index (χ1n) is 13.3. The van der Waals surface area contributed by atoms with E-state index in [1.165, 1.54) is 30.7 Å². The molecule has 2 aromatic carbocycles. The van der Waals surface area contributed by atoms with Crippen LogP contribution in [0.4, 0.5) is 26.0 Å². The Morgan fingerprint density at radius 1 is 1.02 bits per heavy atom. The number of aromatic hydroxyl groups is 1. The predicted molar refractivity (Wildman–Crippen MR) is 154 cm³/mol. The lowest BCUT2D eigenvalue weighted by molar-refractivity contribution is 0.387. The molecule has 10 heteroatoms. The highest BCUT2D eigenvalue weighted by molar-refractivity contribution is 5.99. The summed E-state index contributed by atoms with van der Waals surface area (Å²) in [6.45, 7) is 0.248. The zero-order valence-corrected chi connectivity index (χ0v) is 22.6. The summed E-state index contributed by atoms with van der Waals surface area (Å²) in [4.78, 5) is 9.06. The molecule has 41 heavy (non-hydrogen) atoms. The minimum absolute atomic E-state index is 0.0725. The van der Waals surface area contributed by atoms with Gasteiger partial charge in [-0.1, -0.05) is 6.07 Å². The van der Waals surface area contributed by atoms with E-state index < -0.39 is 11.6 Å². The van der Waals surface area contributed by atoms with Gasteiger partial charge >= 0.3 is 0 Å². The predicted octanol–water partition coefficient (Wildman–Crippen LogP) is 6.86. The number of aromatic nitrogens is 3. The third-order valence-electron chi connectivity index (χ3n) is 7.38. The lowest BCUT2D eigenvalue weighted by Crippen LogP contribution is -2.26. The van der Waals surface area contributed by atoms with Crippen molar-refractivity contribution in [3.05, 3.63) is 84.2 Å². The molecule has 1 aliphatic rings. The van der Waals surface area contributed by atoms with Crippen LogP contribution in [0, 0.1) is 11.6 Å². The number of fused-ring (bicyclic) bond motifs is 1.